The first-order chi connectivity index (χ1) is 7.16. The van der Waals surface area contributed by atoms with Crippen LogP contribution in [0, 0.1) is 4.91 Å². The molecule has 15 heavy (non-hydrogen) atoms. The number of nitroso groups, excluding NO2 is 1. The van der Waals surface area contributed by atoms with Gasteiger partial charge in [-0.3, -0.25) is 9.59 Å². The van der Waals surface area contributed by atoms with Crippen LogP contribution >= 0.6 is 0 Å². The summed E-state index contributed by atoms with van der Waals surface area (Å²) in [4.78, 5) is 32.3. The van der Waals surface area contributed by atoms with E-state index in [9.17, 15) is 19.6 Å². The van der Waals surface area contributed by atoms with Crippen molar-refractivity contribution in [1.29, 1.82) is 0 Å². The van der Waals surface area contributed by atoms with E-state index in [4.69, 9.17) is 0 Å². The molecule has 0 spiro atoms. The van der Waals surface area contributed by atoms with Crippen LogP contribution in [0.2, 0.25) is 0 Å². The zero-order valence-electron chi connectivity index (χ0n) is 7.43. The van der Waals surface area contributed by atoms with Crippen molar-refractivity contribution in [1.82, 2.24) is 0 Å². The molecule has 0 radical (unpaired) electrons. The summed E-state index contributed by atoms with van der Waals surface area (Å²) in [7, 11) is 0. The third kappa shape index (κ3) is 1.17. The number of hydrogen-bond donors (Lipinski definition) is 1. The lowest BCUT2D eigenvalue weighted by molar-refractivity contribution is 0.465. The molecule has 0 saturated carbocycles. The molecule has 1 N–H and O–H groups in total. The van der Waals surface area contributed by atoms with Gasteiger partial charge in [-0.2, -0.15) is 0 Å². The molecule has 2 rings (SSSR count). The highest BCUT2D eigenvalue weighted by Crippen LogP contribution is 2.32. The Bertz CT molecular complexity index is 608. The van der Waals surface area contributed by atoms with Crippen LogP contribution in [0.5, 0.6) is 5.75 Å². The predicted octanol–water partition coefficient (Wildman–Crippen LogP) is 1.05. The van der Waals surface area contributed by atoms with E-state index >= 15 is 0 Å². The fourth-order valence-electron chi connectivity index (χ4n) is 1.39. The maximum Gasteiger partial charge on any atom is 0.268 e. The van der Waals surface area contributed by atoms with E-state index in [1.54, 1.807) is 12.1 Å². The molecular formula is C10H5NO4. The van der Waals surface area contributed by atoms with Crippen molar-refractivity contribution in [3.8, 4) is 16.9 Å². The molecule has 0 unspecified atom stereocenters. The van der Waals surface area contributed by atoms with Crippen LogP contribution < -0.4 is 10.9 Å². The Morgan fingerprint density at radius 2 is 1.73 bits per heavy atom. The zero-order chi connectivity index (χ0) is 11.0. The van der Waals surface area contributed by atoms with E-state index < -0.39 is 16.6 Å². The van der Waals surface area contributed by atoms with Crippen molar-refractivity contribution in [3.05, 3.63) is 49.6 Å². The molecule has 5 heteroatoms. The lowest BCUT2D eigenvalue weighted by Crippen LogP contribution is -2.31. The normalized spacial score (nSPS) is 10.4. The van der Waals surface area contributed by atoms with Crippen molar-refractivity contribution in [3.63, 3.8) is 0 Å². The summed E-state index contributed by atoms with van der Waals surface area (Å²) >= 11 is 0. The minimum absolute atomic E-state index is 0.0277. The van der Waals surface area contributed by atoms with Crippen LogP contribution in [-0.2, 0) is 0 Å². The van der Waals surface area contributed by atoms with Crippen molar-refractivity contribution in [2.24, 2.45) is 5.18 Å². The zero-order valence-corrected chi connectivity index (χ0v) is 7.43. The van der Waals surface area contributed by atoms with Crippen LogP contribution in [0.4, 0.5) is 5.69 Å². The quantitative estimate of drug-likeness (QED) is 0.584. The minimum Gasteiger partial charge on any atom is -0.503 e. The average Bonchev–Trinajstić information content (AvgIpc) is 2.29. The summed E-state index contributed by atoms with van der Waals surface area (Å²) in [5.41, 5.74) is -1.63. The van der Waals surface area contributed by atoms with Gasteiger partial charge >= 0.3 is 0 Å². The molecule has 2 aromatic rings. The van der Waals surface area contributed by atoms with Gasteiger partial charge in [0.1, 0.15) is 5.69 Å². The highest BCUT2D eigenvalue weighted by molar-refractivity contribution is 5.81. The summed E-state index contributed by atoms with van der Waals surface area (Å²) in [5, 5.41) is 11.9. The second-order valence-electron chi connectivity index (χ2n) is 2.99. The molecule has 0 aliphatic rings. The smallest absolute Gasteiger partial charge is 0.268 e. The van der Waals surface area contributed by atoms with Crippen LogP contribution in [0.1, 0.15) is 0 Å². The molecule has 0 aliphatic carbocycles. The van der Waals surface area contributed by atoms with E-state index in [-0.39, 0.29) is 16.8 Å². The second kappa shape index (κ2) is 3.13. The molecule has 2 aromatic carbocycles. The van der Waals surface area contributed by atoms with Gasteiger partial charge in [-0.15, -0.1) is 4.91 Å². The van der Waals surface area contributed by atoms with Crippen molar-refractivity contribution in [2.45, 2.75) is 0 Å². The number of benzene rings is 1. The third-order valence-electron chi connectivity index (χ3n) is 2.16. The van der Waals surface area contributed by atoms with Crippen LogP contribution in [-0.4, -0.2) is 5.11 Å². The number of rotatable bonds is 2. The number of aromatic hydroxyl groups is 1. The maximum atomic E-state index is 11.1. The molecule has 0 aliphatic heterocycles. The Hall–Kier alpha value is -2.30. The van der Waals surface area contributed by atoms with Crippen LogP contribution in [0.15, 0.2) is 39.0 Å². The molecule has 0 bridgehead atoms. The van der Waals surface area contributed by atoms with Crippen molar-refractivity contribution < 1.29 is 5.11 Å². The largest absolute Gasteiger partial charge is 0.503 e. The Morgan fingerprint density at radius 3 is 2.33 bits per heavy atom. The molecule has 0 amide bonds. The molecule has 74 valence electrons. The average molecular weight is 203 g/mol. The molecule has 0 atom stereocenters. The van der Waals surface area contributed by atoms with Gasteiger partial charge in [0.15, 0.2) is 5.75 Å². The minimum atomic E-state index is -0.925. The highest BCUT2D eigenvalue weighted by Gasteiger charge is 2.23. The Labute approximate surface area is 83.3 Å². The molecule has 0 aromatic heterocycles. The topological polar surface area (TPSA) is 83.8 Å². The standard InChI is InChI=1S/C10H5NO4/c12-8-7(9(13)10(8)14)5-3-1-2-4-6(5)11-15/h1-4,12H. The predicted molar refractivity (Wildman–Crippen MR) is 53.9 cm³/mol. The first kappa shape index (κ1) is 9.26. The lowest BCUT2D eigenvalue weighted by Gasteiger charge is -2.06. The molecule has 0 heterocycles. The van der Waals surface area contributed by atoms with Crippen LogP contribution in [0.25, 0.3) is 11.1 Å². The van der Waals surface area contributed by atoms with Gasteiger partial charge in [-0.05, 0) is 11.2 Å². The molecule has 0 saturated heterocycles. The summed E-state index contributed by atoms with van der Waals surface area (Å²) < 4.78 is 0. The monoisotopic (exact) mass is 203 g/mol. The van der Waals surface area contributed by atoms with Gasteiger partial charge in [-0.1, -0.05) is 18.2 Å². The van der Waals surface area contributed by atoms with E-state index in [1.807, 2.05) is 0 Å². The SMILES string of the molecule is O=Nc1ccccc1-c1c(O)c(=O)c1=O. The van der Waals surface area contributed by atoms with Crippen LogP contribution in [0.3, 0.4) is 0 Å². The second-order valence-corrected chi connectivity index (χ2v) is 2.99. The van der Waals surface area contributed by atoms with Gasteiger partial charge < -0.3 is 5.11 Å². The molecule has 0 fully saturated rings. The van der Waals surface area contributed by atoms with Gasteiger partial charge in [0, 0.05) is 5.56 Å². The van der Waals surface area contributed by atoms with Gasteiger partial charge in [0.25, 0.3) is 5.43 Å². The first-order valence-electron chi connectivity index (χ1n) is 4.12. The summed E-state index contributed by atoms with van der Waals surface area (Å²) in [6, 6.07) is 6.01. The summed E-state index contributed by atoms with van der Waals surface area (Å²) in [6.07, 6.45) is 0. The van der Waals surface area contributed by atoms with E-state index in [2.05, 4.69) is 5.18 Å². The summed E-state index contributed by atoms with van der Waals surface area (Å²) in [6.45, 7) is 0. The summed E-state index contributed by atoms with van der Waals surface area (Å²) in [5.74, 6) is -0.601. The number of hydrogen-bond acceptors (Lipinski definition) is 5. The highest BCUT2D eigenvalue weighted by atomic mass is 16.3. The lowest BCUT2D eigenvalue weighted by atomic mass is 9.99. The fraction of sp³-hybridized carbons (Fsp3) is 0. The van der Waals surface area contributed by atoms with Gasteiger partial charge in [0.2, 0.25) is 5.43 Å². The fourth-order valence-corrected chi connectivity index (χ4v) is 1.39. The molecular weight excluding hydrogens is 198 g/mol. The first-order valence-corrected chi connectivity index (χ1v) is 4.12. The van der Waals surface area contributed by atoms with Gasteiger partial charge in [-0.25, -0.2) is 0 Å². The third-order valence-corrected chi connectivity index (χ3v) is 2.16. The Balaban J connectivity index is 2.71. The van der Waals surface area contributed by atoms with E-state index in [0.29, 0.717) is 0 Å². The maximum absolute atomic E-state index is 11.1. The Morgan fingerprint density at radius 1 is 1.07 bits per heavy atom. The number of nitrogens with zero attached hydrogens (tertiary/aromatic N) is 1. The van der Waals surface area contributed by atoms with E-state index in [0.717, 1.165) is 0 Å². The Kier molecular flexibility index (Phi) is 1.93. The van der Waals surface area contributed by atoms with Gasteiger partial charge in [0.05, 0.1) is 5.56 Å². The van der Waals surface area contributed by atoms with Crippen molar-refractivity contribution >= 4 is 5.69 Å². The van der Waals surface area contributed by atoms with Crippen molar-refractivity contribution in [2.75, 3.05) is 0 Å². The van der Waals surface area contributed by atoms with E-state index in [1.165, 1.54) is 12.1 Å². The molecule has 5 nitrogen and oxygen atoms in total.